The summed E-state index contributed by atoms with van der Waals surface area (Å²) < 4.78 is 0. The molecule has 0 aliphatic carbocycles. The van der Waals surface area contributed by atoms with Crippen molar-refractivity contribution in [2.75, 3.05) is 57.3 Å². The van der Waals surface area contributed by atoms with Crippen LogP contribution in [0.1, 0.15) is 19.8 Å². The highest BCUT2D eigenvalue weighted by atomic mass is 16.2. The zero-order chi connectivity index (χ0) is 16.8. The number of carbonyl (C=O) groups is 1. The average Bonchev–Trinajstić information content (AvgIpc) is 3.15. The Morgan fingerprint density at radius 2 is 1.71 bits per heavy atom. The van der Waals surface area contributed by atoms with Gasteiger partial charge in [0.15, 0.2) is 0 Å². The minimum atomic E-state index is -0.0403. The lowest BCUT2D eigenvalue weighted by Crippen LogP contribution is -2.54. The molecule has 2 aliphatic rings. The molecule has 1 atom stereocenters. The molecule has 0 spiro atoms. The Hall–Kier alpha value is -1.59. The van der Waals surface area contributed by atoms with Crippen molar-refractivity contribution in [2.45, 2.75) is 25.8 Å². The molecule has 5 heteroatoms. The number of nitrogens with zero attached hydrogens (tertiary/aromatic N) is 3. The summed E-state index contributed by atoms with van der Waals surface area (Å²) in [5.74, 6) is 0.169. The van der Waals surface area contributed by atoms with Crippen molar-refractivity contribution in [2.24, 2.45) is 0 Å². The van der Waals surface area contributed by atoms with Crippen LogP contribution in [0.2, 0.25) is 0 Å². The Labute approximate surface area is 145 Å². The van der Waals surface area contributed by atoms with Crippen LogP contribution in [0.25, 0.3) is 0 Å². The fourth-order valence-electron chi connectivity index (χ4n) is 3.66. The number of nitrogens with one attached hydrogen (secondary N) is 1. The van der Waals surface area contributed by atoms with Crippen LogP contribution in [0.5, 0.6) is 0 Å². The van der Waals surface area contributed by atoms with Gasteiger partial charge in [0.05, 0.1) is 6.04 Å². The summed E-state index contributed by atoms with van der Waals surface area (Å²) in [6.45, 7) is 10.0. The van der Waals surface area contributed by atoms with Gasteiger partial charge < -0.3 is 15.1 Å². The van der Waals surface area contributed by atoms with Gasteiger partial charge in [-0.3, -0.25) is 9.69 Å². The number of benzene rings is 1. The third-order valence-electron chi connectivity index (χ3n) is 5.29. The highest BCUT2D eigenvalue weighted by Crippen LogP contribution is 2.16. The topological polar surface area (TPSA) is 38.8 Å². The van der Waals surface area contributed by atoms with Gasteiger partial charge in [-0.05, 0) is 45.0 Å². The van der Waals surface area contributed by atoms with E-state index < -0.39 is 0 Å². The molecule has 1 aromatic carbocycles. The average molecular weight is 330 g/mol. The molecule has 24 heavy (non-hydrogen) atoms. The molecule has 2 saturated heterocycles. The Morgan fingerprint density at radius 1 is 1.04 bits per heavy atom. The standard InChI is InChI=1S/C19H30N4O/c1-17(19(24)20-9-12-21-10-5-6-11-21)22-13-15-23(16-14-22)18-7-3-2-4-8-18/h2-4,7-8,17H,5-6,9-16H2,1H3,(H,20,24). The van der Waals surface area contributed by atoms with Crippen molar-refractivity contribution in [3.63, 3.8) is 0 Å². The lowest BCUT2D eigenvalue weighted by Gasteiger charge is -2.38. The van der Waals surface area contributed by atoms with Gasteiger partial charge in [-0.2, -0.15) is 0 Å². The monoisotopic (exact) mass is 330 g/mol. The molecule has 5 nitrogen and oxygen atoms in total. The van der Waals surface area contributed by atoms with Crippen LogP contribution < -0.4 is 10.2 Å². The molecule has 1 amide bonds. The molecule has 1 N–H and O–H groups in total. The maximum absolute atomic E-state index is 12.4. The van der Waals surface area contributed by atoms with Crippen molar-refractivity contribution in [1.82, 2.24) is 15.1 Å². The van der Waals surface area contributed by atoms with Crippen LogP contribution >= 0.6 is 0 Å². The molecule has 1 unspecified atom stereocenters. The minimum absolute atomic E-state index is 0.0403. The van der Waals surface area contributed by atoms with Crippen molar-refractivity contribution >= 4 is 11.6 Å². The van der Waals surface area contributed by atoms with E-state index >= 15 is 0 Å². The molecule has 0 aromatic heterocycles. The summed E-state index contributed by atoms with van der Waals surface area (Å²) in [7, 11) is 0. The Morgan fingerprint density at radius 3 is 2.38 bits per heavy atom. The SMILES string of the molecule is CC(C(=O)NCCN1CCCC1)N1CCN(c2ccccc2)CC1. The van der Waals surface area contributed by atoms with E-state index in [1.165, 1.54) is 31.6 Å². The Kier molecular flexibility index (Phi) is 6.10. The van der Waals surface area contributed by atoms with E-state index in [9.17, 15) is 4.79 Å². The predicted molar refractivity (Wildman–Crippen MR) is 98.4 cm³/mol. The lowest BCUT2D eigenvalue weighted by molar-refractivity contribution is -0.126. The normalized spacial score (nSPS) is 21.0. The van der Waals surface area contributed by atoms with Crippen molar-refractivity contribution in [3.05, 3.63) is 30.3 Å². The number of rotatable bonds is 6. The highest BCUT2D eigenvalue weighted by molar-refractivity contribution is 5.81. The molecule has 0 saturated carbocycles. The molecule has 0 bridgehead atoms. The third-order valence-corrected chi connectivity index (χ3v) is 5.29. The second-order valence-electron chi connectivity index (χ2n) is 6.87. The van der Waals surface area contributed by atoms with Crippen LogP contribution in [0.3, 0.4) is 0 Å². The van der Waals surface area contributed by atoms with Gasteiger partial charge in [0.25, 0.3) is 0 Å². The molecular formula is C19H30N4O. The number of likely N-dealkylation sites (tertiary alicyclic amines) is 1. The van der Waals surface area contributed by atoms with Crippen molar-refractivity contribution in [3.8, 4) is 0 Å². The number of amides is 1. The van der Waals surface area contributed by atoms with Gasteiger partial charge in [-0.25, -0.2) is 0 Å². The minimum Gasteiger partial charge on any atom is -0.369 e. The van der Waals surface area contributed by atoms with E-state index in [1.807, 2.05) is 13.0 Å². The maximum Gasteiger partial charge on any atom is 0.237 e. The third kappa shape index (κ3) is 4.48. The number of hydrogen-bond acceptors (Lipinski definition) is 4. The van der Waals surface area contributed by atoms with E-state index in [0.717, 1.165) is 39.3 Å². The fourth-order valence-corrected chi connectivity index (χ4v) is 3.66. The van der Waals surface area contributed by atoms with Gasteiger partial charge >= 0.3 is 0 Å². The smallest absolute Gasteiger partial charge is 0.237 e. The van der Waals surface area contributed by atoms with Crippen molar-refractivity contribution in [1.29, 1.82) is 0 Å². The number of carbonyl (C=O) groups excluding carboxylic acids is 1. The summed E-state index contributed by atoms with van der Waals surface area (Å²) in [4.78, 5) is 19.5. The molecule has 2 aliphatic heterocycles. The van der Waals surface area contributed by atoms with Gasteiger partial charge in [0.2, 0.25) is 5.91 Å². The maximum atomic E-state index is 12.4. The molecule has 3 rings (SSSR count). The van der Waals surface area contributed by atoms with Crippen LogP contribution in [0.4, 0.5) is 5.69 Å². The van der Waals surface area contributed by atoms with Gasteiger partial charge in [-0.1, -0.05) is 18.2 Å². The lowest BCUT2D eigenvalue weighted by atomic mass is 10.2. The van der Waals surface area contributed by atoms with Crippen LogP contribution in [-0.2, 0) is 4.79 Å². The first kappa shape index (κ1) is 17.2. The number of piperazine rings is 1. The van der Waals surface area contributed by atoms with E-state index in [1.54, 1.807) is 0 Å². The van der Waals surface area contributed by atoms with E-state index in [0.29, 0.717) is 0 Å². The molecular weight excluding hydrogens is 300 g/mol. The second-order valence-corrected chi connectivity index (χ2v) is 6.87. The summed E-state index contributed by atoms with van der Waals surface area (Å²) in [5, 5.41) is 3.11. The van der Waals surface area contributed by atoms with Gasteiger partial charge in [0, 0.05) is 45.0 Å². The zero-order valence-corrected chi connectivity index (χ0v) is 14.8. The summed E-state index contributed by atoms with van der Waals surface area (Å²) >= 11 is 0. The summed E-state index contributed by atoms with van der Waals surface area (Å²) in [5.41, 5.74) is 1.28. The van der Waals surface area contributed by atoms with E-state index in [-0.39, 0.29) is 11.9 Å². The first-order valence-corrected chi connectivity index (χ1v) is 9.28. The Bertz CT molecular complexity index is 507. The van der Waals surface area contributed by atoms with Crippen LogP contribution in [0, 0.1) is 0 Å². The van der Waals surface area contributed by atoms with Gasteiger partial charge in [0.1, 0.15) is 0 Å². The predicted octanol–water partition coefficient (Wildman–Crippen LogP) is 1.41. The van der Waals surface area contributed by atoms with E-state index in [4.69, 9.17) is 0 Å². The van der Waals surface area contributed by atoms with Crippen LogP contribution in [0.15, 0.2) is 30.3 Å². The number of hydrogen-bond donors (Lipinski definition) is 1. The van der Waals surface area contributed by atoms with Crippen LogP contribution in [-0.4, -0.2) is 74.1 Å². The Balaban J connectivity index is 1.39. The molecule has 2 fully saturated rings. The molecule has 0 radical (unpaired) electrons. The van der Waals surface area contributed by atoms with Crippen molar-refractivity contribution < 1.29 is 4.79 Å². The number of anilines is 1. The number of para-hydroxylation sites is 1. The molecule has 1 aromatic rings. The second kappa shape index (κ2) is 8.49. The zero-order valence-electron chi connectivity index (χ0n) is 14.8. The van der Waals surface area contributed by atoms with E-state index in [2.05, 4.69) is 44.3 Å². The first-order valence-electron chi connectivity index (χ1n) is 9.28. The molecule has 2 heterocycles. The largest absolute Gasteiger partial charge is 0.369 e. The summed E-state index contributed by atoms with van der Waals surface area (Å²) in [6, 6.07) is 10.5. The van der Waals surface area contributed by atoms with Gasteiger partial charge in [-0.15, -0.1) is 0 Å². The molecule has 132 valence electrons. The fraction of sp³-hybridized carbons (Fsp3) is 0.632. The highest BCUT2D eigenvalue weighted by Gasteiger charge is 2.25. The quantitative estimate of drug-likeness (QED) is 0.856. The first-order chi connectivity index (χ1) is 11.7. The summed E-state index contributed by atoms with van der Waals surface area (Å²) in [6.07, 6.45) is 2.60.